The van der Waals surface area contributed by atoms with Gasteiger partial charge in [0, 0.05) is 4.88 Å². The summed E-state index contributed by atoms with van der Waals surface area (Å²) in [5.41, 5.74) is 2.38. The third-order valence-electron chi connectivity index (χ3n) is 3.39. The minimum Gasteiger partial charge on any atom is -0.388 e. The molecule has 1 aliphatic rings. The summed E-state index contributed by atoms with van der Waals surface area (Å²) in [5.74, 6) is 0.294. The van der Waals surface area contributed by atoms with Crippen molar-refractivity contribution >= 4 is 22.9 Å². The van der Waals surface area contributed by atoms with Crippen LogP contribution in [0.3, 0.4) is 0 Å². The molecule has 0 amide bonds. The maximum absolute atomic E-state index is 10.3. The molecule has 2 aromatic rings. The number of thiophene rings is 1. The molecule has 1 aromatic heterocycles. The van der Waals surface area contributed by atoms with Crippen LogP contribution in [0.4, 0.5) is 0 Å². The van der Waals surface area contributed by atoms with Crippen molar-refractivity contribution < 1.29 is 5.11 Å². The number of halogens is 1. The van der Waals surface area contributed by atoms with Crippen LogP contribution in [0.1, 0.15) is 22.1 Å². The maximum Gasteiger partial charge on any atom is 0.0931 e. The third kappa shape index (κ3) is 2.13. The second-order valence-corrected chi connectivity index (χ2v) is 6.32. The first-order valence-electron chi connectivity index (χ1n) is 5.74. The van der Waals surface area contributed by atoms with E-state index in [1.165, 1.54) is 10.4 Å². The van der Waals surface area contributed by atoms with Crippen molar-refractivity contribution in [2.45, 2.75) is 18.9 Å². The van der Waals surface area contributed by atoms with Gasteiger partial charge in [0.25, 0.3) is 0 Å². The molecule has 1 heterocycles. The molecule has 0 saturated carbocycles. The number of aliphatic hydroxyl groups excluding tert-OH is 1. The summed E-state index contributed by atoms with van der Waals surface area (Å²) >= 11 is 7.54. The van der Waals surface area contributed by atoms with Crippen LogP contribution in [-0.2, 0) is 12.8 Å². The second kappa shape index (κ2) is 4.45. The Balaban J connectivity index is 1.80. The van der Waals surface area contributed by atoms with E-state index in [0.29, 0.717) is 5.92 Å². The number of hydrogen-bond acceptors (Lipinski definition) is 2. The molecule has 17 heavy (non-hydrogen) atoms. The van der Waals surface area contributed by atoms with Gasteiger partial charge < -0.3 is 5.11 Å². The lowest BCUT2D eigenvalue weighted by molar-refractivity contribution is 0.124. The number of hydrogen-bond donors (Lipinski definition) is 1. The molecular formula is C14H13ClOS. The minimum absolute atomic E-state index is 0.294. The number of benzene rings is 1. The molecule has 1 nitrogen and oxygen atoms in total. The van der Waals surface area contributed by atoms with Crippen LogP contribution in [0.5, 0.6) is 0 Å². The van der Waals surface area contributed by atoms with Gasteiger partial charge in [-0.2, -0.15) is 0 Å². The van der Waals surface area contributed by atoms with Crippen molar-refractivity contribution in [2.24, 2.45) is 5.92 Å². The first-order valence-corrected chi connectivity index (χ1v) is 6.93. The zero-order valence-electron chi connectivity index (χ0n) is 9.27. The van der Waals surface area contributed by atoms with Gasteiger partial charge in [-0.3, -0.25) is 0 Å². The lowest BCUT2D eigenvalue weighted by Gasteiger charge is -2.13. The van der Waals surface area contributed by atoms with E-state index in [-0.39, 0.29) is 6.10 Å². The molecule has 0 bridgehead atoms. The van der Waals surface area contributed by atoms with Gasteiger partial charge in [0.1, 0.15) is 0 Å². The second-order valence-electron chi connectivity index (χ2n) is 4.52. The summed E-state index contributed by atoms with van der Waals surface area (Å²) in [5, 5.41) is 10.3. The van der Waals surface area contributed by atoms with Crippen molar-refractivity contribution in [1.29, 1.82) is 0 Å². The SMILES string of the molecule is OC1c2ccccc2CC1Cc1ccc(Cl)s1. The molecule has 1 aromatic carbocycles. The Morgan fingerprint density at radius 3 is 2.76 bits per heavy atom. The normalized spacial score (nSPS) is 22.7. The predicted molar refractivity (Wildman–Crippen MR) is 71.6 cm³/mol. The Labute approximate surface area is 110 Å². The van der Waals surface area contributed by atoms with Crippen molar-refractivity contribution in [3.8, 4) is 0 Å². The number of aliphatic hydroxyl groups is 1. The molecule has 1 aliphatic carbocycles. The molecule has 0 aliphatic heterocycles. The van der Waals surface area contributed by atoms with Crippen molar-refractivity contribution in [1.82, 2.24) is 0 Å². The van der Waals surface area contributed by atoms with Crippen LogP contribution in [-0.4, -0.2) is 5.11 Å². The van der Waals surface area contributed by atoms with E-state index >= 15 is 0 Å². The van der Waals surface area contributed by atoms with E-state index in [9.17, 15) is 5.11 Å². The van der Waals surface area contributed by atoms with Crippen LogP contribution in [0.25, 0.3) is 0 Å². The lowest BCUT2D eigenvalue weighted by atomic mass is 9.99. The summed E-state index contributed by atoms with van der Waals surface area (Å²) in [6.45, 7) is 0. The Morgan fingerprint density at radius 1 is 1.24 bits per heavy atom. The Kier molecular flexibility index (Phi) is 2.95. The number of fused-ring (bicyclic) bond motifs is 1. The summed E-state index contributed by atoms with van der Waals surface area (Å²) in [6.07, 6.45) is 1.55. The Morgan fingerprint density at radius 2 is 2.06 bits per heavy atom. The predicted octanol–water partition coefficient (Wildman–Crippen LogP) is 3.85. The summed E-state index contributed by atoms with van der Waals surface area (Å²) in [6, 6.07) is 12.2. The van der Waals surface area contributed by atoms with E-state index in [1.807, 2.05) is 24.3 Å². The zero-order valence-corrected chi connectivity index (χ0v) is 10.8. The van der Waals surface area contributed by atoms with E-state index < -0.39 is 0 Å². The van der Waals surface area contributed by atoms with Crippen molar-refractivity contribution in [2.75, 3.05) is 0 Å². The monoisotopic (exact) mass is 264 g/mol. The topological polar surface area (TPSA) is 20.2 Å². The summed E-state index contributed by atoms with van der Waals surface area (Å²) in [7, 11) is 0. The maximum atomic E-state index is 10.3. The van der Waals surface area contributed by atoms with E-state index in [4.69, 9.17) is 11.6 Å². The van der Waals surface area contributed by atoms with Crippen LogP contribution >= 0.6 is 22.9 Å². The quantitative estimate of drug-likeness (QED) is 0.874. The molecular weight excluding hydrogens is 252 g/mol. The molecule has 1 N–H and O–H groups in total. The van der Waals surface area contributed by atoms with Gasteiger partial charge in [-0.25, -0.2) is 0 Å². The highest BCUT2D eigenvalue weighted by atomic mass is 35.5. The van der Waals surface area contributed by atoms with Gasteiger partial charge in [0.15, 0.2) is 0 Å². The molecule has 0 saturated heterocycles. The third-order valence-corrected chi connectivity index (χ3v) is 4.65. The van der Waals surface area contributed by atoms with Crippen molar-refractivity contribution in [3.05, 3.63) is 56.7 Å². The molecule has 88 valence electrons. The Hall–Kier alpha value is -0.830. The molecule has 3 heteroatoms. The Bertz CT molecular complexity index is 535. The molecule has 0 spiro atoms. The fraction of sp³-hybridized carbons (Fsp3) is 0.286. The van der Waals surface area contributed by atoms with Crippen LogP contribution in [0, 0.1) is 5.92 Å². The number of rotatable bonds is 2. The van der Waals surface area contributed by atoms with Gasteiger partial charge in [-0.1, -0.05) is 35.9 Å². The highest BCUT2D eigenvalue weighted by Gasteiger charge is 2.30. The average molecular weight is 265 g/mol. The molecule has 2 unspecified atom stereocenters. The van der Waals surface area contributed by atoms with Crippen LogP contribution < -0.4 is 0 Å². The largest absolute Gasteiger partial charge is 0.388 e. The van der Waals surface area contributed by atoms with Gasteiger partial charge in [-0.15, -0.1) is 11.3 Å². The van der Waals surface area contributed by atoms with E-state index in [2.05, 4.69) is 12.1 Å². The fourth-order valence-corrected chi connectivity index (χ4v) is 3.74. The van der Waals surface area contributed by atoms with E-state index in [1.54, 1.807) is 11.3 Å². The summed E-state index contributed by atoms with van der Waals surface area (Å²) < 4.78 is 0.824. The molecule has 3 rings (SSSR count). The average Bonchev–Trinajstić information content (AvgIpc) is 2.86. The zero-order chi connectivity index (χ0) is 11.8. The van der Waals surface area contributed by atoms with Crippen molar-refractivity contribution in [3.63, 3.8) is 0 Å². The van der Waals surface area contributed by atoms with Gasteiger partial charge in [-0.05, 0) is 42.0 Å². The van der Waals surface area contributed by atoms with Crippen LogP contribution in [0.15, 0.2) is 36.4 Å². The minimum atomic E-state index is -0.327. The highest BCUT2D eigenvalue weighted by molar-refractivity contribution is 7.16. The molecule has 0 fully saturated rings. The fourth-order valence-electron chi connectivity index (χ4n) is 2.56. The lowest BCUT2D eigenvalue weighted by Crippen LogP contribution is -2.09. The summed E-state index contributed by atoms with van der Waals surface area (Å²) in [4.78, 5) is 1.26. The van der Waals surface area contributed by atoms with Crippen LogP contribution in [0.2, 0.25) is 4.34 Å². The van der Waals surface area contributed by atoms with Gasteiger partial charge in [0.05, 0.1) is 10.4 Å². The van der Waals surface area contributed by atoms with Gasteiger partial charge >= 0.3 is 0 Å². The molecule has 0 radical (unpaired) electrons. The highest BCUT2D eigenvalue weighted by Crippen LogP contribution is 2.38. The standard InChI is InChI=1S/C14H13ClOS/c15-13-6-5-11(17-13)8-10-7-9-3-1-2-4-12(9)14(10)16/h1-6,10,14,16H,7-8H2. The smallest absolute Gasteiger partial charge is 0.0931 e. The van der Waals surface area contributed by atoms with E-state index in [0.717, 1.165) is 22.7 Å². The van der Waals surface area contributed by atoms with Gasteiger partial charge in [0.2, 0.25) is 0 Å². The first-order chi connectivity index (χ1) is 8.24. The first kappa shape index (κ1) is 11.3. The molecule has 2 atom stereocenters.